The zero-order valence-corrected chi connectivity index (χ0v) is 54.4. The van der Waals surface area contributed by atoms with Gasteiger partial charge in [0.25, 0.3) is 0 Å². The Labute approximate surface area is 528 Å². The van der Waals surface area contributed by atoms with E-state index in [-0.39, 0.29) is 13.2 Å². The third-order valence-corrected chi connectivity index (χ3v) is 12.3. The van der Waals surface area contributed by atoms with Crippen molar-refractivity contribution in [2.24, 2.45) is 5.92 Å². The van der Waals surface area contributed by atoms with Crippen LogP contribution in [0.4, 0.5) is 4.39 Å². The van der Waals surface area contributed by atoms with Gasteiger partial charge < -0.3 is 4.42 Å². The molecule has 87 heavy (non-hydrogen) atoms. The Morgan fingerprint density at radius 1 is 0.379 bits per heavy atom. The van der Waals surface area contributed by atoms with Gasteiger partial charge in [0.15, 0.2) is 0 Å². The Balaban J connectivity index is 0.000000480. The van der Waals surface area contributed by atoms with Gasteiger partial charge in [0.05, 0.1) is 12.5 Å². The molecule has 1 aliphatic rings. The molecule has 0 N–H and O–H groups in total. The maximum atomic E-state index is 12.6. The minimum absolute atomic E-state index is 0. The highest BCUT2D eigenvalue weighted by molar-refractivity contribution is 6.31. The second-order valence-electron chi connectivity index (χ2n) is 21.0. The van der Waals surface area contributed by atoms with Crippen LogP contribution in [0.1, 0.15) is 110 Å². The number of benzene rings is 4. The van der Waals surface area contributed by atoms with Crippen molar-refractivity contribution in [2.75, 3.05) is 0 Å². The fraction of sp³-hybridized carbons (Fsp3) is 0.256. The van der Waals surface area contributed by atoms with Crippen LogP contribution >= 0.6 is 11.6 Å². The highest BCUT2D eigenvalue weighted by Gasteiger charge is 2.21. The average Bonchev–Trinajstić information content (AvgIpc) is 4.41. The van der Waals surface area contributed by atoms with E-state index in [1.54, 1.807) is 37.9 Å². The summed E-state index contributed by atoms with van der Waals surface area (Å²) >= 11 is 5.71. The van der Waals surface area contributed by atoms with Gasteiger partial charge in [-0.05, 0) is 240 Å². The molecule has 0 unspecified atom stereocenters. The summed E-state index contributed by atoms with van der Waals surface area (Å²) in [6.07, 6.45) is 20.3. The van der Waals surface area contributed by atoms with Crippen LogP contribution in [0.2, 0.25) is 5.02 Å². The van der Waals surface area contributed by atoms with Crippen LogP contribution in [0.25, 0.3) is 0 Å². The molecule has 0 atom stereocenters. The largest absolute Gasteiger partial charge is 0.472 e. The molecule has 1 saturated carbocycles. The molecular weight excluding hydrogens is 1090 g/mol. The third-order valence-electron chi connectivity index (χ3n) is 11.9. The van der Waals surface area contributed by atoms with Crippen molar-refractivity contribution < 1.29 is 8.81 Å². The molecule has 0 bridgehead atoms. The summed E-state index contributed by atoms with van der Waals surface area (Å²) in [5.41, 5.74) is 18.3. The number of halogens is 2. The molecule has 0 amide bonds. The third kappa shape index (κ3) is 42.7. The molecule has 458 valence electrons. The van der Waals surface area contributed by atoms with E-state index in [1.165, 1.54) is 75.5 Å². The predicted octanol–water partition coefficient (Wildman–Crippen LogP) is 21.5. The van der Waals surface area contributed by atoms with Crippen LogP contribution in [0, 0.1) is 116 Å². The summed E-state index contributed by atoms with van der Waals surface area (Å²) < 4.78 is 17.3. The molecule has 7 heterocycles. The number of aromatic nitrogens is 6. The van der Waals surface area contributed by atoms with Crippen molar-refractivity contribution in [3.8, 4) is 0 Å². The lowest BCUT2D eigenvalue weighted by atomic mass is 10.2. The van der Waals surface area contributed by atoms with Crippen LogP contribution in [-0.2, 0) is 6.42 Å². The van der Waals surface area contributed by atoms with E-state index in [0.29, 0.717) is 5.56 Å². The molecule has 1 aliphatic carbocycles. The SMILES string of the molecule is C.Cc1ccc(C)c(F)c1.Cc1ccc(C)nc1.Cc1ccc(C)nc1.Cc1ccc(C)nc1.Cc1ccc(CC2CC2)nc1.Cc1ccccc1.Cc1ccccc1.Cc1ccccc1Cl.Cc1ccccn1.Cc1cccnc1.Cc1ccoc1. The molecule has 0 spiro atoms. The van der Waals surface area contributed by atoms with Gasteiger partial charge in [0.2, 0.25) is 0 Å². The summed E-state index contributed by atoms with van der Waals surface area (Å²) in [5, 5.41) is 0.840. The van der Waals surface area contributed by atoms with Crippen molar-refractivity contribution in [3.05, 3.63) is 344 Å². The van der Waals surface area contributed by atoms with Crippen molar-refractivity contribution in [3.63, 3.8) is 0 Å². The molecule has 1 fully saturated rings. The van der Waals surface area contributed by atoms with Crippen molar-refractivity contribution in [1.29, 1.82) is 0 Å². The van der Waals surface area contributed by atoms with Crippen LogP contribution in [0.15, 0.2) is 248 Å². The van der Waals surface area contributed by atoms with Gasteiger partial charge in [-0.2, -0.15) is 0 Å². The summed E-state index contributed by atoms with van der Waals surface area (Å²) in [6, 6.07) is 61.7. The normalized spacial score (nSPS) is 9.94. The monoisotopic (exact) mass is 1190 g/mol. The molecule has 7 nitrogen and oxygen atoms in total. The summed E-state index contributed by atoms with van der Waals surface area (Å²) in [5.74, 6) is 0.834. The topological polar surface area (TPSA) is 90.5 Å². The fourth-order valence-corrected chi connectivity index (χ4v) is 6.54. The Morgan fingerprint density at radius 3 is 1.07 bits per heavy atom. The minimum Gasteiger partial charge on any atom is -0.472 e. The predicted molar refractivity (Wildman–Crippen MR) is 369 cm³/mol. The first-order valence-electron chi connectivity index (χ1n) is 29.0. The molecular formula is C78H96ClFN6O. The Kier molecular flexibility index (Phi) is 40.8. The second kappa shape index (κ2) is 46.6. The summed E-state index contributed by atoms with van der Waals surface area (Å²) in [6.45, 7) is 29.9. The molecule has 0 radical (unpaired) electrons. The van der Waals surface area contributed by atoms with Crippen LogP contribution in [-0.4, -0.2) is 29.9 Å². The Hall–Kier alpha value is -8.72. The molecule has 9 heteroatoms. The van der Waals surface area contributed by atoms with E-state index >= 15 is 0 Å². The summed E-state index contributed by atoms with van der Waals surface area (Å²) in [4.78, 5) is 24.5. The van der Waals surface area contributed by atoms with Gasteiger partial charge in [-0.15, -0.1) is 0 Å². The zero-order valence-electron chi connectivity index (χ0n) is 53.6. The van der Waals surface area contributed by atoms with Crippen molar-refractivity contribution in [1.82, 2.24) is 29.9 Å². The van der Waals surface area contributed by atoms with Gasteiger partial charge in [-0.25, -0.2) is 4.39 Å². The first kappa shape index (κ1) is 76.3. The van der Waals surface area contributed by atoms with E-state index in [4.69, 9.17) is 16.0 Å². The number of rotatable bonds is 2. The van der Waals surface area contributed by atoms with E-state index in [1.807, 2.05) is 228 Å². The number of hydrogen-bond acceptors (Lipinski definition) is 7. The van der Waals surface area contributed by atoms with Crippen LogP contribution < -0.4 is 0 Å². The van der Waals surface area contributed by atoms with E-state index in [2.05, 4.69) is 105 Å². The van der Waals surface area contributed by atoms with Gasteiger partial charge in [0, 0.05) is 76.9 Å². The van der Waals surface area contributed by atoms with Crippen molar-refractivity contribution >= 4 is 11.6 Å². The lowest BCUT2D eigenvalue weighted by Gasteiger charge is -1.97. The number of furan rings is 1. The maximum Gasteiger partial charge on any atom is 0.126 e. The molecule has 7 aromatic heterocycles. The molecule has 0 aliphatic heterocycles. The van der Waals surface area contributed by atoms with E-state index < -0.39 is 0 Å². The Morgan fingerprint density at radius 2 is 0.816 bits per heavy atom. The number of nitrogens with zero attached hydrogens (tertiary/aromatic N) is 6. The number of aryl methyl sites for hydroxylation is 15. The second-order valence-corrected chi connectivity index (χ2v) is 21.4. The molecule has 11 aromatic rings. The van der Waals surface area contributed by atoms with E-state index in [9.17, 15) is 4.39 Å². The molecule has 4 aromatic carbocycles. The standard InChI is InChI=1S/C10H13N.C8H9F.C7H7Cl.3C7H9N.2C7H8.2C6H7N.C5H6O.CH4/c1-8-2-5-10(11-7-8)6-9-3-4-9;1-6-3-4-7(2)8(9)5-6;1-6-4-2-3-5-7(6)8;3*1-6-3-4-7(2)8-5-6;2*1-7-5-3-2-4-6-7;1-6-3-2-4-7-5-6;1-6-4-2-3-5-7-6;1-5-2-3-6-4-5;/h2,5,7,9H,3-4,6H2,1H3;3-5H,1-2H3;2-5H,1H3;3*3-5H,1-2H3;2*2-6H,1H3;2*2-5H,1H3;2-4H,1H3;1H4. The van der Waals surface area contributed by atoms with Gasteiger partial charge >= 0.3 is 0 Å². The maximum absolute atomic E-state index is 12.6. The lowest BCUT2D eigenvalue weighted by Crippen LogP contribution is -1.90. The van der Waals surface area contributed by atoms with Crippen LogP contribution in [0.5, 0.6) is 0 Å². The molecule has 12 rings (SSSR count). The Bertz CT molecular complexity index is 3030. The van der Waals surface area contributed by atoms with Gasteiger partial charge in [-0.1, -0.05) is 158 Å². The number of hydrogen-bond donors (Lipinski definition) is 0. The average molecular weight is 1190 g/mol. The number of pyridine rings is 6. The fourth-order valence-electron chi connectivity index (χ4n) is 6.41. The van der Waals surface area contributed by atoms with Gasteiger partial charge in [0.1, 0.15) is 5.82 Å². The van der Waals surface area contributed by atoms with E-state index in [0.717, 1.165) is 44.8 Å². The van der Waals surface area contributed by atoms with Crippen molar-refractivity contribution in [2.45, 2.75) is 131 Å². The highest BCUT2D eigenvalue weighted by Crippen LogP contribution is 2.32. The lowest BCUT2D eigenvalue weighted by molar-refractivity contribution is 0.565. The van der Waals surface area contributed by atoms with Gasteiger partial charge in [-0.3, -0.25) is 29.9 Å². The zero-order chi connectivity index (χ0) is 63.3. The highest BCUT2D eigenvalue weighted by atomic mass is 35.5. The van der Waals surface area contributed by atoms with Crippen LogP contribution in [0.3, 0.4) is 0 Å². The smallest absolute Gasteiger partial charge is 0.126 e. The minimum atomic E-state index is -0.116. The quantitative estimate of drug-likeness (QED) is 0.170. The first-order chi connectivity index (χ1) is 41.2. The molecule has 0 saturated heterocycles. The summed E-state index contributed by atoms with van der Waals surface area (Å²) in [7, 11) is 0. The first-order valence-corrected chi connectivity index (χ1v) is 29.4.